The highest BCUT2D eigenvalue weighted by Gasteiger charge is 2.17. The van der Waals surface area contributed by atoms with Gasteiger partial charge in [0.15, 0.2) is 11.0 Å². The van der Waals surface area contributed by atoms with Crippen LogP contribution in [0, 0.1) is 0 Å². The minimum Gasteiger partial charge on any atom is -0.508 e. The van der Waals surface area contributed by atoms with E-state index in [0.29, 0.717) is 21.7 Å². The van der Waals surface area contributed by atoms with Gasteiger partial charge in [-0.05, 0) is 61.0 Å². The number of phenolic OH excluding ortho intramolecular Hbond substituents is 1. The summed E-state index contributed by atoms with van der Waals surface area (Å²) >= 11 is 7.32. The van der Waals surface area contributed by atoms with Crippen LogP contribution in [0.3, 0.4) is 0 Å². The van der Waals surface area contributed by atoms with Crippen LogP contribution in [0.25, 0.3) is 17.1 Å². The lowest BCUT2D eigenvalue weighted by molar-refractivity contribution is -0.118. The van der Waals surface area contributed by atoms with E-state index in [0.717, 1.165) is 16.8 Å². The number of aromatic nitrogens is 3. The normalized spacial score (nSPS) is 11.4. The zero-order chi connectivity index (χ0) is 23.2. The number of rotatable bonds is 7. The molecule has 33 heavy (non-hydrogen) atoms. The Morgan fingerprint density at radius 1 is 1.03 bits per heavy atom. The summed E-state index contributed by atoms with van der Waals surface area (Å²) in [6.07, 6.45) is 0. The predicted octanol–water partition coefficient (Wildman–Crippen LogP) is 4.93. The molecule has 1 aromatic heterocycles. The summed E-state index contributed by atoms with van der Waals surface area (Å²) in [5.41, 5.74) is 5.74. The Morgan fingerprint density at radius 2 is 1.73 bits per heavy atom. The van der Waals surface area contributed by atoms with Crippen molar-refractivity contribution < 1.29 is 9.90 Å². The number of amides is 1. The molecule has 1 heterocycles. The minimum atomic E-state index is -0.273. The van der Waals surface area contributed by atoms with E-state index in [1.807, 2.05) is 47.0 Å². The fraction of sp³-hybridized carbons (Fsp3) is 0.0833. The van der Waals surface area contributed by atoms with Crippen molar-refractivity contribution in [2.75, 3.05) is 5.75 Å². The van der Waals surface area contributed by atoms with Crippen molar-refractivity contribution in [2.45, 2.75) is 12.1 Å². The van der Waals surface area contributed by atoms with Gasteiger partial charge in [-0.3, -0.25) is 9.36 Å². The monoisotopic (exact) mass is 477 g/mol. The van der Waals surface area contributed by atoms with E-state index < -0.39 is 0 Å². The predicted molar refractivity (Wildman–Crippen MR) is 131 cm³/mol. The largest absolute Gasteiger partial charge is 0.508 e. The van der Waals surface area contributed by atoms with Crippen molar-refractivity contribution in [2.24, 2.45) is 5.10 Å². The Kier molecular flexibility index (Phi) is 7.07. The quantitative estimate of drug-likeness (QED) is 0.224. The first-order valence-corrected chi connectivity index (χ1v) is 11.4. The summed E-state index contributed by atoms with van der Waals surface area (Å²) < 4.78 is 1.90. The third-order valence-corrected chi connectivity index (χ3v) is 5.90. The molecule has 0 fully saturated rings. The molecule has 0 aliphatic rings. The molecule has 9 heteroatoms. The van der Waals surface area contributed by atoms with E-state index in [4.69, 9.17) is 11.6 Å². The van der Waals surface area contributed by atoms with Gasteiger partial charge >= 0.3 is 0 Å². The molecule has 2 N–H and O–H groups in total. The summed E-state index contributed by atoms with van der Waals surface area (Å²) in [7, 11) is 0. The molecular formula is C24H20ClN5O2S. The number of hydrazone groups is 1. The molecule has 4 rings (SSSR count). The summed E-state index contributed by atoms with van der Waals surface area (Å²) in [5.74, 6) is 0.672. The number of carbonyl (C=O) groups excluding carboxylic acids is 1. The molecule has 7 nitrogen and oxygen atoms in total. The topological polar surface area (TPSA) is 92.4 Å². The van der Waals surface area contributed by atoms with E-state index >= 15 is 0 Å². The van der Waals surface area contributed by atoms with E-state index in [1.165, 1.54) is 11.8 Å². The van der Waals surface area contributed by atoms with Crippen LogP contribution >= 0.6 is 23.4 Å². The molecule has 0 bridgehead atoms. The lowest BCUT2D eigenvalue weighted by Gasteiger charge is -2.10. The van der Waals surface area contributed by atoms with Crippen molar-refractivity contribution in [1.29, 1.82) is 0 Å². The van der Waals surface area contributed by atoms with Gasteiger partial charge in [0.1, 0.15) is 5.75 Å². The second-order valence-electron chi connectivity index (χ2n) is 7.05. The Morgan fingerprint density at radius 3 is 2.42 bits per heavy atom. The van der Waals surface area contributed by atoms with Crippen molar-refractivity contribution in [3.05, 3.63) is 89.4 Å². The summed E-state index contributed by atoms with van der Waals surface area (Å²) in [6, 6.07) is 23.7. The van der Waals surface area contributed by atoms with E-state index in [-0.39, 0.29) is 17.4 Å². The SMILES string of the molecule is C/C(=N\NC(=O)CSc1nnc(-c2ccccc2)n1-c1ccc(Cl)cc1)c1ccc(O)cc1. The molecule has 0 unspecified atom stereocenters. The molecule has 0 aliphatic heterocycles. The first-order valence-electron chi connectivity index (χ1n) is 10.0. The number of nitrogens with zero attached hydrogens (tertiary/aromatic N) is 4. The van der Waals surface area contributed by atoms with Gasteiger partial charge in [-0.1, -0.05) is 53.7 Å². The first-order chi connectivity index (χ1) is 16.0. The lowest BCUT2D eigenvalue weighted by Crippen LogP contribution is -2.21. The maximum Gasteiger partial charge on any atom is 0.250 e. The summed E-state index contributed by atoms with van der Waals surface area (Å²) in [4.78, 5) is 12.4. The van der Waals surface area contributed by atoms with Crippen LogP contribution in [-0.4, -0.2) is 37.2 Å². The Balaban J connectivity index is 1.51. The number of nitrogens with one attached hydrogen (secondary N) is 1. The number of hydrogen-bond acceptors (Lipinski definition) is 6. The van der Waals surface area contributed by atoms with Crippen molar-refractivity contribution in [3.8, 4) is 22.8 Å². The Bertz CT molecular complexity index is 1270. The van der Waals surface area contributed by atoms with Crippen LogP contribution in [0.5, 0.6) is 5.75 Å². The number of halogens is 1. The fourth-order valence-corrected chi connectivity index (χ4v) is 3.91. The smallest absolute Gasteiger partial charge is 0.250 e. The van der Waals surface area contributed by atoms with Crippen molar-refractivity contribution in [1.82, 2.24) is 20.2 Å². The molecular weight excluding hydrogens is 458 g/mol. The summed E-state index contributed by atoms with van der Waals surface area (Å²) in [6.45, 7) is 1.78. The zero-order valence-electron chi connectivity index (χ0n) is 17.6. The minimum absolute atomic E-state index is 0.104. The summed E-state index contributed by atoms with van der Waals surface area (Å²) in [5, 5.41) is 23.4. The van der Waals surface area contributed by atoms with E-state index in [9.17, 15) is 9.90 Å². The van der Waals surface area contributed by atoms with Crippen LogP contribution < -0.4 is 5.43 Å². The van der Waals surface area contributed by atoms with Crippen LogP contribution in [0.4, 0.5) is 0 Å². The van der Waals surface area contributed by atoms with Crippen LogP contribution in [-0.2, 0) is 4.79 Å². The zero-order valence-corrected chi connectivity index (χ0v) is 19.2. The van der Waals surface area contributed by atoms with Gasteiger partial charge in [0.25, 0.3) is 5.91 Å². The molecule has 0 spiro atoms. The van der Waals surface area contributed by atoms with Gasteiger partial charge in [0.2, 0.25) is 0 Å². The number of thioether (sulfide) groups is 1. The Hall–Kier alpha value is -3.62. The lowest BCUT2D eigenvalue weighted by atomic mass is 10.1. The third-order valence-electron chi connectivity index (χ3n) is 4.72. The molecule has 3 aromatic carbocycles. The van der Waals surface area contributed by atoms with Gasteiger partial charge in [0.05, 0.1) is 11.5 Å². The maximum absolute atomic E-state index is 12.4. The third kappa shape index (κ3) is 5.60. The van der Waals surface area contributed by atoms with Gasteiger partial charge in [-0.2, -0.15) is 5.10 Å². The first kappa shape index (κ1) is 22.6. The molecule has 0 atom stereocenters. The highest BCUT2D eigenvalue weighted by atomic mass is 35.5. The molecule has 0 radical (unpaired) electrons. The maximum atomic E-state index is 12.4. The van der Waals surface area contributed by atoms with Gasteiger partial charge in [-0.25, -0.2) is 5.43 Å². The van der Waals surface area contributed by atoms with Gasteiger partial charge < -0.3 is 5.11 Å². The number of benzene rings is 3. The Labute approximate surface area is 200 Å². The van der Waals surface area contributed by atoms with E-state index in [1.54, 1.807) is 43.3 Å². The van der Waals surface area contributed by atoms with Crippen LogP contribution in [0.2, 0.25) is 5.02 Å². The van der Waals surface area contributed by atoms with Gasteiger partial charge in [-0.15, -0.1) is 10.2 Å². The molecule has 0 saturated heterocycles. The standard InChI is InChI=1S/C24H20ClN5O2S/c1-16(17-7-13-21(31)14-8-17)26-27-22(32)15-33-24-29-28-23(18-5-3-2-4-6-18)30(24)20-11-9-19(25)10-12-20/h2-14,31H,15H2,1H3,(H,27,32)/b26-16+. The number of phenols is 1. The van der Waals surface area contributed by atoms with E-state index in [2.05, 4.69) is 20.7 Å². The van der Waals surface area contributed by atoms with Crippen LogP contribution in [0.1, 0.15) is 12.5 Å². The average molecular weight is 478 g/mol. The molecule has 4 aromatic rings. The molecule has 166 valence electrons. The van der Waals surface area contributed by atoms with Crippen LogP contribution in [0.15, 0.2) is 89.1 Å². The number of hydrogen-bond donors (Lipinski definition) is 2. The van der Waals surface area contributed by atoms with Crippen molar-refractivity contribution in [3.63, 3.8) is 0 Å². The highest BCUT2D eigenvalue weighted by Crippen LogP contribution is 2.28. The molecule has 1 amide bonds. The van der Waals surface area contributed by atoms with Gasteiger partial charge in [0, 0.05) is 16.3 Å². The number of aromatic hydroxyl groups is 1. The highest BCUT2D eigenvalue weighted by molar-refractivity contribution is 7.99. The van der Waals surface area contributed by atoms with Crippen molar-refractivity contribution >= 4 is 35.0 Å². The molecule has 0 saturated carbocycles. The second kappa shape index (κ2) is 10.3. The molecule has 0 aliphatic carbocycles. The number of carbonyl (C=O) groups is 1. The fourth-order valence-electron chi connectivity index (χ4n) is 3.04. The average Bonchev–Trinajstić information content (AvgIpc) is 3.26. The second-order valence-corrected chi connectivity index (χ2v) is 8.43.